The molecule has 0 unspecified atom stereocenters. The van der Waals surface area contributed by atoms with Crippen molar-refractivity contribution in [3.8, 4) is 11.1 Å². The summed E-state index contributed by atoms with van der Waals surface area (Å²) < 4.78 is 63.1. The molecule has 1 aliphatic rings. The molecule has 132 valence electrons. The number of fused-ring (bicyclic) bond motifs is 1. The van der Waals surface area contributed by atoms with Gasteiger partial charge in [-0.05, 0) is 29.3 Å². The SMILES string of the molecule is C=CS(=O)(=O)N1CCc2ncc(-c3ccc(C(F)(F)F)cc3)cc2C1. The van der Waals surface area contributed by atoms with Crippen molar-refractivity contribution in [2.24, 2.45) is 0 Å². The van der Waals surface area contributed by atoms with E-state index in [-0.39, 0.29) is 6.54 Å². The summed E-state index contributed by atoms with van der Waals surface area (Å²) in [5, 5.41) is 0.908. The molecule has 1 aromatic carbocycles. The molecular formula is C17H15F3N2O2S. The van der Waals surface area contributed by atoms with Crippen LogP contribution in [0.3, 0.4) is 0 Å². The minimum Gasteiger partial charge on any atom is -0.260 e. The van der Waals surface area contributed by atoms with Gasteiger partial charge in [-0.1, -0.05) is 18.7 Å². The summed E-state index contributed by atoms with van der Waals surface area (Å²) in [5.74, 6) is 0. The fourth-order valence-electron chi connectivity index (χ4n) is 2.73. The van der Waals surface area contributed by atoms with Crippen LogP contribution >= 0.6 is 0 Å². The predicted molar refractivity (Wildman–Crippen MR) is 87.9 cm³/mol. The summed E-state index contributed by atoms with van der Waals surface area (Å²) in [5.41, 5.74) is 2.06. The number of aromatic nitrogens is 1. The quantitative estimate of drug-likeness (QED) is 0.832. The molecular weight excluding hydrogens is 353 g/mol. The minimum absolute atomic E-state index is 0.172. The zero-order chi connectivity index (χ0) is 18.2. The molecule has 0 bridgehead atoms. The van der Waals surface area contributed by atoms with E-state index >= 15 is 0 Å². The Morgan fingerprint density at radius 1 is 1.16 bits per heavy atom. The fraction of sp³-hybridized carbons (Fsp3) is 0.235. The van der Waals surface area contributed by atoms with Gasteiger partial charge in [0.05, 0.1) is 5.56 Å². The van der Waals surface area contributed by atoms with Gasteiger partial charge in [0.2, 0.25) is 10.0 Å². The lowest BCUT2D eigenvalue weighted by molar-refractivity contribution is -0.137. The lowest BCUT2D eigenvalue weighted by Crippen LogP contribution is -2.35. The van der Waals surface area contributed by atoms with Crippen molar-refractivity contribution in [2.45, 2.75) is 19.1 Å². The van der Waals surface area contributed by atoms with Crippen molar-refractivity contribution in [1.82, 2.24) is 9.29 Å². The highest BCUT2D eigenvalue weighted by Crippen LogP contribution is 2.31. The summed E-state index contributed by atoms with van der Waals surface area (Å²) >= 11 is 0. The molecule has 4 nitrogen and oxygen atoms in total. The first kappa shape index (κ1) is 17.6. The molecule has 0 radical (unpaired) electrons. The monoisotopic (exact) mass is 368 g/mol. The minimum atomic E-state index is -4.38. The largest absolute Gasteiger partial charge is 0.416 e. The summed E-state index contributed by atoms with van der Waals surface area (Å²) in [4.78, 5) is 4.34. The Kier molecular flexibility index (Phi) is 4.42. The van der Waals surface area contributed by atoms with Gasteiger partial charge in [-0.25, -0.2) is 8.42 Å². The third-order valence-electron chi connectivity index (χ3n) is 4.12. The maximum atomic E-state index is 12.7. The highest BCUT2D eigenvalue weighted by Gasteiger charge is 2.30. The maximum Gasteiger partial charge on any atom is 0.416 e. The van der Waals surface area contributed by atoms with Crippen LogP contribution in [0.15, 0.2) is 48.5 Å². The summed E-state index contributed by atoms with van der Waals surface area (Å²) in [6.07, 6.45) is -2.30. The first-order valence-electron chi connectivity index (χ1n) is 7.49. The summed E-state index contributed by atoms with van der Waals surface area (Å²) in [6, 6.07) is 6.57. The first-order valence-corrected chi connectivity index (χ1v) is 8.99. The average molecular weight is 368 g/mol. The van der Waals surface area contributed by atoms with E-state index < -0.39 is 21.8 Å². The zero-order valence-corrected chi connectivity index (χ0v) is 13.9. The predicted octanol–water partition coefficient (Wildman–Crippen LogP) is 3.60. The number of benzene rings is 1. The van der Waals surface area contributed by atoms with Crippen LogP contribution in [0, 0.1) is 0 Å². The Labute approximate surface area is 143 Å². The van der Waals surface area contributed by atoms with E-state index in [1.54, 1.807) is 12.3 Å². The van der Waals surface area contributed by atoms with E-state index in [9.17, 15) is 21.6 Å². The molecule has 0 aliphatic carbocycles. The Bertz CT molecular complexity index is 906. The van der Waals surface area contributed by atoms with Crippen molar-refractivity contribution >= 4 is 10.0 Å². The van der Waals surface area contributed by atoms with Crippen molar-refractivity contribution in [3.63, 3.8) is 0 Å². The third-order valence-corrected chi connectivity index (χ3v) is 5.57. The Balaban J connectivity index is 1.91. The third kappa shape index (κ3) is 3.59. The van der Waals surface area contributed by atoms with E-state index in [4.69, 9.17) is 0 Å². The number of nitrogens with zero attached hydrogens (tertiary/aromatic N) is 2. The standard InChI is InChI=1S/C17H15F3N2O2S/c1-2-25(23,24)22-8-7-16-14(11-22)9-13(10-21-16)12-3-5-15(6-4-12)17(18,19)20/h2-6,9-10H,1,7-8,11H2. The second kappa shape index (κ2) is 6.27. The lowest BCUT2D eigenvalue weighted by atomic mass is 10.0. The molecule has 25 heavy (non-hydrogen) atoms. The molecule has 0 fully saturated rings. The second-order valence-electron chi connectivity index (χ2n) is 5.70. The highest BCUT2D eigenvalue weighted by molar-refractivity contribution is 7.91. The Hall–Kier alpha value is -2.19. The van der Waals surface area contributed by atoms with Gasteiger partial charge in [0.1, 0.15) is 0 Å². The Morgan fingerprint density at radius 3 is 2.44 bits per heavy atom. The fourth-order valence-corrected chi connectivity index (χ4v) is 3.61. The van der Waals surface area contributed by atoms with Gasteiger partial charge in [0, 0.05) is 42.4 Å². The average Bonchev–Trinajstić information content (AvgIpc) is 2.60. The number of sulfonamides is 1. The molecule has 2 heterocycles. The molecule has 0 N–H and O–H groups in total. The van der Waals surface area contributed by atoms with Crippen molar-refractivity contribution in [1.29, 1.82) is 0 Å². The van der Waals surface area contributed by atoms with Gasteiger partial charge in [-0.2, -0.15) is 17.5 Å². The number of halogens is 3. The van der Waals surface area contributed by atoms with E-state index in [0.29, 0.717) is 24.1 Å². The maximum absolute atomic E-state index is 12.7. The molecule has 1 aliphatic heterocycles. The van der Waals surface area contributed by atoms with Crippen LogP contribution in [0.25, 0.3) is 11.1 Å². The lowest BCUT2D eigenvalue weighted by Gasteiger charge is -2.26. The van der Waals surface area contributed by atoms with E-state index in [2.05, 4.69) is 11.6 Å². The Morgan fingerprint density at radius 2 is 1.84 bits per heavy atom. The van der Waals surface area contributed by atoms with Gasteiger partial charge in [-0.15, -0.1) is 0 Å². The topological polar surface area (TPSA) is 50.3 Å². The number of rotatable bonds is 3. The van der Waals surface area contributed by atoms with Crippen LogP contribution in [-0.4, -0.2) is 24.3 Å². The molecule has 3 rings (SSSR count). The van der Waals surface area contributed by atoms with Crippen molar-refractivity contribution in [3.05, 3.63) is 65.3 Å². The molecule has 1 aromatic heterocycles. The molecule has 0 saturated carbocycles. The molecule has 8 heteroatoms. The molecule has 0 saturated heterocycles. The highest BCUT2D eigenvalue weighted by atomic mass is 32.2. The van der Waals surface area contributed by atoms with Crippen LogP contribution in [-0.2, 0) is 29.2 Å². The van der Waals surface area contributed by atoms with Crippen molar-refractivity contribution < 1.29 is 21.6 Å². The molecule has 0 amide bonds. The first-order chi connectivity index (χ1) is 11.7. The summed E-state index contributed by atoms with van der Waals surface area (Å²) in [6.45, 7) is 3.82. The second-order valence-corrected chi connectivity index (χ2v) is 7.58. The van der Waals surface area contributed by atoms with Crippen molar-refractivity contribution in [2.75, 3.05) is 6.54 Å². The van der Waals surface area contributed by atoms with E-state index in [0.717, 1.165) is 28.8 Å². The number of alkyl halides is 3. The smallest absolute Gasteiger partial charge is 0.260 e. The van der Waals surface area contributed by atoms with Crippen LogP contribution in [0.4, 0.5) is 13.2 Å². The van der Waals surface area contributed by atoms with Crippen LogP contribution in [0.2, 0.25) is 0 Å². The molecule has 0 atom stereocenters. The number of pyridine rings is 1. The normalized spacial score (nSPS) is 15.6. The van der Waals surface area contributed by atoms with E-state index in [1.165, 1.54) is 16.4 Å². The number of hydrogen-bond acceptors (Lipinski definition) is 3. The van der Waals surface area contributed by atoms with Crippen LogP contribution in [0.1, 0.15) is 16.8 Å². The van der Waals surface area contributed by atoms with Crippen LogP contribution in [0.5, 0.6) is 0 Å². The summed E-state index contributed by atoms with van der Waals surface area (Å²) in [7, 11) is -3.52. The van der Waals surface area contributed by atoms with Gasteiger partial charge < -0.3 is 0 Å². The molecule has 0 spiro atoms. The zero-order valence-electron chi connectivity index (χ0n) is 13.1. The van der Waals surface area contributed by atoms with Gasteiger partial charge in [0.25, 0.3) is 0 Å². The van der Waals surface area contributed by atoms with Gasteiger partial charge >= 0.3 is 6.18 Å². The molecule has 2 aromatic rings. The van der Waals surface area contributed by atoms with Gasteiger partial charge in [-0.3, -0.25) is 4.98 Å². The number of hydrogen-bond donors (Lipinski definition) is 0. The van der Waals surface area contributed by atoms with Gasteiger partial charge in [0.15, 0.2) is 0 Å². The van der Waals surface area contributed by atoms with E-state index in [1.807, 2.05) is 0 Å². The van der Waals surface area contributed by atoms with Crippen LogP contribution < -0.4 is 0 Å².